The number of amides is 1. The molecule has 1 aliphatic heterocycles. The molecule has 0 saturated carbocycles. The molecule has 2 rings (SSSR count). The van der Waals surface area contributed by atoms with Gasteiger partial charge in [0.25, 0.3) is 0 Å². The average molecular weight is 332 g/mol. The van der Waals surface area contributed by atoms with Gasteiger partial charge in [-0.05, 0) is 37.8 Å². The lowest BCUT2D eigenvalue weighted by Crippen LogP contribution is -2.44. The molecule has 0 aliphatic carbocycles. The number of carbonyl (C=O) groups is 1. The van der Waals surface area contributed by atoms with Crippen LogP contribution in [0, 0.1) is 5.92 Å². The van der Waals surface area contributed by atoms with Crippen LogP contribution in [0.15, 0.2) is 29.2 Å². The molecule has 0 radical (unpaired) electrons. The maximum atomic E-state index is 12.8. The van der Waals surface area contributed by atoms with Gasteiger partial charge in [-0.3, -0.25) is 9.69 Å². The van der Waals surface area contributed by atoms with E-state index in [0.29, 0.717) is 18.7 Å². The van der Waals surface area contributed by atoms with Gasteiger partial charge >= 0.3 is 6.18 Å². The van der Waals surface area contributed by atoms with Gasteiger partial charge in [0.05, 0.1) is 18.2 Å². The third kappa shape index (κ3) is 4.64. The van der Waals surface area contributed by atoms with Gasteiger partial charge in [0, 0.05) is 11.4 Å². The topological polar surface area (TPSA) is 32.3 Å². The van der Waals surface area contributed by atoms with Gasteiger partial charge in [0.2, 0.25) is 5.91 Å². The number of thioether (sulfide) groups is 1. The van der Waals surface area contributed by atoms with Crippen LogP contribution in [-0.2, 0) is 4.79 Å². The molecule has 22 heavy (non-hydrogen) atoms. The molecule has 0 spiro atoms. The number of halogens is 3. The number of likely N-dealkylation sites (tertiary alicyclic amines) is 1. The highest BCUT2D eigenvalue weighted by Crippen LogP contribution is 2.33. The number of benzene rings is 1. The van der Waals surface area contributed by atoms with Gasteiger partial charge < -0.3 is 5.32 Å². The summed E-state index contributed by atoms with van der Waals surface area (Å²) in [5, 5.41) is 2.78. The Morgan fingerprint density at radius 1 is 1.41 bits per heavy atom. The summed E-state index contributed by atoms with van der Waals surface area (Å²) >= 11 is 1.51. The fourth-order valence-electron chi connectivity index (χ4n) is 2.61. The standard InChI is InChI=1S/C15H19F3N2OS/c1-22-13-7-3-2-6-12(13)19-14(21)10-20-8-4-5-11(9-20)15(16,17)18/h2-3,6-7,11H,4-5,8-10H2,1H3,(H,19,21). The van der Waals surface area contributed by atoms with Crippen molar-refractivity contribution in [1.82, 2.24) is 4.90 Å². The number of nitrogens with one attached hydrogen (secondary N) is 1. The second-order valence-corrected chi connectivity index (χ2v) is 6.21. The van der Waals surface area contributed by atoms with Crippen LogP contribution in [0.25, 0.3) is 0 Å². The molecule has 1 saturated heterocycles. The van der Waals surface area contributed by atoms with E-state index in [1.807, 2.05) is 24.5 Å². The Labute approximate surface area is 132 Å². The fourth-order valence-corrected chi connectivity index (χ4v) is 3.16. The number of anilines is 1. The van der Waals surface area contributed by atoms with Gasteiger partial charge in [-0.2, -0.15) is 13.2 Å². The second kappa shape index (κ2) is 7.37. The first kappa shape index (κ1) is 17.1. The third-order valence-corrected chi connectivity index (χ3v) is 4.51. The smallest absolute Gasteiger partial charge is 0.324 e. The van der Waals surface area contributed by atoms with E-state index >= 15 is 0 Å². The van der Waals surface area contributed by atoms with Crippen LogP contribution < -0.4 is 5.32 Å². The molecular formula is C15H19F3N2OS. The molecule has 1 N–H and O–H groups in total. The summed E-state index contributed by atoms with van der Waals surface area (Å²) in [5.74, 6) is -1.60. The predicted octanol–water partition coefficient (Wildman–Crippen LogP) is 3.62. The van der Waals surface area contributed by atoms with Gasteiger partial charge in [0.1, 0.15) is 0 Å². The second-order valence-electron chi connectivity index (χ2n) is 5.36. The van der Waals surface area contributed by atoms with E-state index in [9.17, 15) is 18.0 Å². The lowest BCUT2D eigenvalue weighted by atomic mass is 9.97. The molecular weight excluding hydrogens is 313 g/mol. The first-order valence-electron chi connectivity index (χ1n) is 7.12. The van der Waals surface area contributed by atoms with Gasteiger partial charge in [-0.25, -0.2) is 0 Å². The SMILES string of the molecule is CSc1ccccc1NC(=O)CN1CCCC(C(F)(F)F)C1. The first-order valence-corrected chi connectivity index (χ1v) is 8.34. The van der Waals surface area contributed by atoms with Crippen LogP contribution in [0.3, 0.4) is 0 Å². The molecule has 1 aromatic rings. The number of rotatable bonds is 4. The highest BCUT2D eigenvalue weighted by molar-refractivity contribution is 7.98. The minimum Gasteiger partial charge on any atom is -0.324 e. The summed E-state index contributed by atoms with van der Waals surface area (Å²) < 4.78 is 38.3. The van der Waals surface area contributed by atoms with Crippen molar-refractivity contribution in [2.45, 2.75) is 23.9 Å². The number of hydrogen-bond donors (Lipinski definition) is 1. The first-order chi connectivity index (χ1) is 10.4. The Hall–Kier alpha value is -1.21. The highest BCUT2D eigenvalue weighted by atomic mass is 32.2. The van der Waals surface area contributed by atoms with Crippen molar-refractivity contribution in [2.24, 2.45) is 5.92 Å². The van der Waals surface area contributed by atoms with Gasteiger partial charge in [-0.15, -0.1) is 11.8 Å². The van der Waals surface area contributed by atoms with Crippen molar-refractivity contribution in [3.63, 3.8) is 0 Å². The Kier molecular flexibility index (Phi) is 5.74. The van der Waals surface area contributed by atoms with Crippen LogP contribution in [-0.4, -0.2) is 42.9 Å². The van der Waals surface area contributed by atoms with Crippen molar-refractivity contribution < 1.29 is 18.0 Å². The molecule has 1 heterocycles. The number of carbonyl (C=O) groups excluding carboxylic acids is 1. The van der Waals surface area contributed by atoms with Crippen LogP contribution in [0.4, 0.5) is 18.9 Å². The summed E-state index contributed by atoms with van der Waals surface area (Å²) in [5.41, 5.74) is 0.699. The zero-order valence-corrected chi connectivity index (χ0v) is 13.1. The summed E-state index contributed by atoms with van der Waals surface area (Å²) in [6, 6.07) is 7.37. The molecule has 0 aromatic heterocycles. The normalized spacial score (nSPS) is 19.9. The van der Waals surface area contributed by atoms with E-state index in [-0.39, 0.29) is 25.4 Å². The molecule has 7 heteroatoms. The highest BCUT2D eigenvalue weighted by Gasteiger charge is 2.41. The van der Waals surface area contributed by atoms with Crippen molar-refractivity contribution in [1.29, 1.82) is 0 Å². The van der Waals surface area contributed by atoms with Crippen LogP contribution in [0.2, 0.25) is 0 Å². The number of piperidine rings is 1. The fraction of sp³-hybridized carbons (Fsp3) is 0.533. The lowest BCUT2D eigenvalue weighted by Gasteiger charge is -2.33. The van der Waals surface area contributed by atoms with E-state index in [2.05, 4.69) is 5.32 Å². The number of nitrogens with zero attached hydrogens (tertiary/aromatic N) is 1. The molecule has 3 nitrogen and oxygen atoms in total. The quantitative estimate of drug-likeness (QED) is 0.855. The summed E-state index contributed by atoms with van der Waals surface area (Å²) in [6.07, 6.45) is -1.65. The van der Waals surface area contributed by atoms with Crippen LogP contribution >= 0.6 is 11.8 Å². The molecule has 1 atom stereocenters. The Morgan fingerprint density at radius 3 is 2.82 bits per heavy atom. The molecule has 1 amide bonds. The molecule has 1 fully saturated rings. The molecule has 122 valence electrons. The lowest BCUT2D eigenvalue weighted by molar-refractivity contribution is -0.186. The van der Waals surface area contributed by atoms with E-state index < -0.39 is 12.1 Å². The number of para-hydroxylation sites is 1. The third-order valence-electron chi connectivity index (χ3n) is 3.72. The van der Waals surface area contributed by atoms with Gasteiger partial charge in [-0.1, -0.05) is 12.1 Å². The largest absolute Gasteiger partial charge is 0.393 e. The zero-order valence-electron chi connectivity index (χ0n) is 12.3. The predicted molar refractivity (Wildman–Crippen MR) is 82.1 cm³/mol. The van der Waals surface area contributed by atoms with Crippen LogP contribution in [0.5, 0.6) is 0 Å². The maximum Gasteiger partial charge on any atom is 0.393 e. The van der Waals surface area contributed by atoms with Gasteiger partial charge in [0.15, 0.2) is 0 Å². The monoisotopic (exact) mass is 332 g/mol. The zero-order chi connectivity index (χ0) is 16.2. The Bertz CT molecular complexity index is 522. The minimum atomic E-state index is -4.18. The molecule has 1 unspecified atom stereocenters. The molecule has 1 aliphatic rings. The maximum absolute atomic E-state index is 12.8. The number of hydrogen-bond acceptors (Lipinski definition) is 3. The molecule has 1 aromatic carbocycles. The Balaban J connectivity index is 1.92. The minimum absolute atomic E-state index is 0.00467. The summed E-state index contributed by atoms with van der Waals surface area (Å²) in [6.45, 7) is 0.431. The molecule has 0 bridgehead atoms. The van der Waals surface area contributed by atoms with Crippen molar-refractivity contribution >= 4 is 23.4 Å². The van der Waals surface area contributed by atoms with Crippen LogP contribution in [0.1, 0.15) is 12.8 Å². The van der Waals surface area contributed by atoms with Crippen molar-refractivity contribution in [3.05, 3.63) is 24.3 Å². The summed E-state index contributed by atoms with van der Waals surface area (Å²) in [4.78, 5) is 14.6. The van der Waals surface area contributed by atoms with E-state index in [1.54, 1.807) is 11.0 Å². The van der Waals surface area contributed by atoms with Crippen molar-refractivity contribution in [2.75, 3.05) is 31.2 Å². The van der Waals surface area contributed by atoms with E-state index in [0.717, 1.165) is 4.90 Å². The average Bonchev–Trinajstić information content (AvgIpc) is 2.47. The summed E-state index contributed by atoms with van der Waals surface area (Å²) in [7, 11) is 0. The van der Waals surface area contributed by atoms with Crippen molar-refractivity contribution in [3.8, 4) is 0 Å². The Morgan fingerprint density at radius 2 is 2.14 bits per heavy atom. The van der Waals surface area contributed by atoms with E-state index in [1.165, 1.54) is 11.8 Å². The number of alkyl halides is 3. The van der Waals surface area contributed by atoms with E-state index in [4.69, 9.17) is 0 Å².